The third-order valence-electron chi connectivity index (χ3n) is 4.13. The zero-order valence-electron chi connectivity index (χ0n) is 16.4. The highest BCUT2D eigenvalue weighted by atomic mass is 16.5. The predicted octanol–water partition coefficient (Wildman–Crippen LogP) is 4.16. The Kier molecular flexibility index (Phi) is 7.74. The SMILES string of the molecule is CCCN(Cc1ccccc1)C(=O)/C=C/c1cc(OC)c(OC)c(OC)c1. The molecule has 0 fully saturated rings. The second kappa shape index (κ2) is 10.3. The van der Waals surface area contributed by atoms with Crippen molar-refractivity contribution in [3.05, 3.63) is 59.7 Å². The van der Waals surface area contributed by atoms with Gasteiger partial charge in [0.05, 0.1) is 21.3 Å². The van der Waals surface area contributed by atoms with Gasteiger partial charge in [0.2, 0.25) is 11.7 Å². The fourth-order valence-electron chi connectivity index (χ4n) is 2.81. The summed E-state index contributed by atoms with van der Waals surface area (Å²) >= 11 is 0. The van der Waals surface area contributed by atoms with E-state index in [-0.39, 0.29) is 5.91 Å². The first-order valence-electron chi connectivity index (χ1n) is 8.93. The minimum atomic E-state index is -0.0329. The number of methoxy groups -OCH3 is 3. The lowest BCUT2D eigenvalue weighted by Crippen LogP contribution is -2.29. The van der Waals surface area contributed by atoms with Gasteiger partial charge in [-0.3, -0.25) is 4.79 Å². The van der Waals surface area contributed by atoms with Crippen LogP contribution in [-0.4, -0.2) is 38.7 Å². The van der Waals surface area contributed by atoms with Crippen molar-refractivity contribution < 1.29 is 19.0 Å². The highest BCUT2D eigenvalue weighted by molar-refractivity contribution is 5.92. The first kappa shape index (κ1) is 20.4. The van der Waals surface area contributed by atoms with Crippen LogP contribution >= 0.6 is 0 Å². The Morgan fingerprint density at radius 1 is 1.00 bits per heavy atom. The van der Waals surface area contributed by atoms with Gasteiger partial charge in [-0.25, -0.2) is 0 Å². The maximum atomic E-state index is 12.7. The smallest absolute Gasteiger partial charge is 0.246 e. The largest absolute Gasteiger partial charge is 0.493 e. The average molecular weight is 369 g/mol. The van der Waals surface area contributed by atoms with Crippen molar-refractivity contribution >= 4 is 12.0 Å². The topological polar surface area (TPSA) is 48.0 Å². The summed E-state index contributed by atoms with van der Waals surface area (Å²) in [5.74, 6) is 1.60. The molecule has 0 N–H and O–H groups in total. The molecule has 0 unspecified atom stereocenters. The number of carbonyl (C=O) groups is 1. The van der Waals surface area contributed by atoms with E-state index >= 15 is 0 Å². The second-order valence-electron chi connectivity index (χ2n) is 6.04. The van der Waals surface area contributed by atoms with E-state index in [9.17, 15) is 4.79 Å². The summed E-state index contributed by atoms with van der Waals surface area (Å²) in [7, 11) is 4.70. The van der Waals surface area contributed by atoms with Gasteiger partial charge in [0.25, 0.3) is 0 Å². The molecular formula is C22H27NO4. The standard InChI is InChI=1S/C22H27NO4/c1-5-13-23(16-17-9-7-6-8-10-17)21(24)12-11-18-14-19(25-2)22(27-4)20(15-18)26-3/h6-12,14-15H,5,13,16H2,1-4H3/b12-11+. The van der Waals surface area contributed by atoms with Gasteiger partial charge < -0.3 is 19.1 Å². The summed E-state index contributed by atoms with van der Waals surface area (Å²) < 4.78 is 16.0. The fraction of sp³-hybridized carbons (Fsp3) is 0.318. The molecule has 0 saturated heterocycles. The summed E-state index contributed by atoms with van der Waals surface area (Å²) in [6.07, 6.45) is 4.25. The van der Waals surface area contributed by atoms with Crippen LogP contribution in [0.25, 0.3) is 6.08 Å². The zero-order chi connectivity index (χ0) is 19.6. The number of benzene rings is 2. The molecule has 0 aromatic heterocycles. The van der Waals surface area contributed by atoms with E-state index < -0.39 is 0 Å². The average Bonchev–Trinajstić information content (AvgIpc) is 2.71. The van der Waals surface area contributed by atoms with Crippen molar-refractivity contribution in [2.45, 2.75) is 19.9 Å². The predicted molar refractivity (Wildman–Crippen MR) is 107 cm³/mol. The molecule has 0 spiro atoms. The highest BCUT2D eigenvalue weighted by Gasteiger charge is 2.13. The number of rotatable bonds is 9. The normalized spacial score (nSPS) is 10.7. The number of hydrogen-bond acceptors (Lipinski definition) is 4. The van der Waals surface area contributed by atoms with E-state index in [0.717, 1.165) is 17.5 Å². The number of nitrogens with zero attached hydrogens (tertiary/aromatic N) is 1. The van der Waals surface area contributed by atoms with Crippen LogP contribution in [0.4, 0.5) is 0 Å². The molecule has 144 valence electrons. The molecule has 0 saturated carbocycles. The van der Waals surface area contributed by atoms with E-state index in [1.807, 2.05) is 47.4 Å². The quantitative estimate of drug-likeness (QED) is 0.623. The third-order valence-corrected chi connectivity index (χ3v) is 4.13. The molecule has 2 aromatic rings. The van der Waals surface area contributed by atoms with Crippen LogP contribution in [0.1, 0.15) is 24.5 Å². The summed E-state index contributed by atoms with van der Waals surface area (Å²) in [5.41, 5.74) is 1.91. The Hall–Kier alpha value is -2.95. The van der Waals surface area contributed by atoms with Crippen molar-refractivity contribution in [3.8, 4) is 17.2 Å². The van der Waals surface area contributed by atoms with Crippen molar-refractivity contribution in [2.75, 3.05) is 27.9 Å². The Labute approximate surface area is 161 Å². The van der Waals surface area contributed by atoms with Crippen molar-refractivity contribution in [1.29, 1.82) is 0 Å². The Morgan fingerprint density at radius 2 is 1.63 bits per heavy atom. The lowest BCUT2D eigenvalue weighted by atomic mass is 10.1. The molecule has 0 bridgehead atoms. The maximum Gasteiger partial charge on any atom is 0.246 e. The van der Waals surface area contributed by atoms with Gasteiger partial charge in [-0.1, -0.05) is 37.3 Å². The molecule has 2 rings (SSSR count). The molecule has 0 aliphatic heterocycles. The number of amides is 1. The molecule has 0 aliphatic carbocycles. The van der Waals surface area contributed by atoms with E-state index in [2.05, 4.69) is 6.92 Å². The first-order valence-corrected chi connectivity index (χ1v) is 8.93. The molecule has 1 amide bonds. The van der Waals surface area contributed by atoms with Crippen LogP contribution in [0.5, 0.6) is 17.2 Å². The Bertz CT molecular complexity index is 746. The molecule has 5 heteroatoms. The van der Waals surface area contributed by atoms with E-state index in [4.69, 9.17) is 14.2 Å². The van der Waals surface area contributed by atoms with E-state index in [1.54, 1.807) is 33.5 Å². The molecule has 2 aromatic carbocycles. The molecule has 0 aliphatic rings. The van der Waals surface area contributed by atoms with E-state index in [1.165, 1.54) is 0 Å². The van der Waals surface area contributed by atoms with Gasteiger partial charge in [0, 0.05) is 19.2 Å². The lowest BCUT2D eigenvalue weighted by molar-refractivity contribution is -0.126. The van der Waals surface area contributed by atoms with Gasteiger partial charge in [-0.15, -0.1) is 0 Å². The Morgan fingerprint density at radius 3 is 2.15 bits per heavy atom. The van der Waals surface area contributed by atoms with Crippen molar-refractivity contribution in [2.24, 2.45) is 0 Å². The summed E-state index contributed by atoms with van der Waals surface area (Å²) in [6, 6.07) is 13.6. The Balaban J connectivity index is 2.20. The fourth-order valence-corrected chi connectivity index (χ4v) is 2.81. The summed E-state index contributed by atoms with van der Waals surface area (Å²) in [6.45, 7) is 3.36. The van der Waals surface area contributed by atoms with Gasteiger partial charge in [-0.2, -0.15) is 0 Å². The number of ether oxygens (including phenoxy) is 3. The van der Waals surface area contributed by atoms with Gasteiger partial charge in [-0.05, 0) is 35.8 Å². The second-order valence-corrected chi connectivity index (χ2v) is 6.04. The summed E-state index contributed by atoms with van der Waals surface area (Å²) in [5, 5.41) is 0. The van der Waals surface area contributed by atoms with Crippen LogP contribution in [-0.2, 0) is 11.3 Å². The summed E-state index contributed by atoms with van der Waals surface area (Å²) in [4.78, 5) is 14.5. The van der Waals surface area contributed by atoms with Crippen molar-refractivity contribution in [1.82, 2.24) is 4.90 Å². The third kappa shape index (κ3) is 5.51. The first-order chi connectivity index (χ1) is 13.1. The minimum absolute atomic E-state index is 0.0329. The van der Waals surface area contributed by atoms with Crippen LogP contribution in [0.2, 0.25) is 0 Å². The van der Waals surface area contributed by atoms with Gasteiger partial charge >= 0.3 is 0 Å². The van der Waals surface area contributed by atoms with Crippen molar-refractivity contribution in [3.63, 3.8) is 0 Å². The molecule has 27 heavy (non-hydrogen) atoms. The highest BCUT2D eigenvalue weighted by Crippen LogP contribution is 2.38. The molecular weight excluding hydrogens is 342 g/mol. The molecule has 5 nitrogen and oxygen atoms in total. The maximum absolute atomic E-state index is 12.7. The van der Waals surface area contributed by atoms with Crippen LogP contribution < -0.4 is 14.2 Å². The minimum Gasteiger partial charge on any atom is -0.493 e. The van der Waals surface area contributed by atoms with Gasteiger partial charge in [0.1, 0.15) is 0 Å². The zero-order valence-corrected chi connectivity index (χ0v) is 16.4. The monoisotopic (exact) mass is 369 g/mol. The number of hydrogen-bond donors (Lipinski definition) is 0. The van der Waals surface area contributed by atoms with Crippen LogP contribution in [0, 0.1) is 0 Å². The molecule has 0 heterocycles. The van der Waals surface area contributed by atoms with Crippen LogP contribution in [0.15, 0.2) is 48.5 Å². The number of carbonyl (C=O) groups excluding carboxylic acids is 1. The molecule has 0 atom stereocenters. The molecule has 0 radical (unpaired) electrons. The van der Waals surface area contributed by atoms with E-state index in [0.29, 0.717) is 30.3 Å². The van der Waals surface area contributed by atoms with Gasteiger partial charge in [0.15, 0.2) is 11.5 Å². The van der Waals surface area contributed by atoms with Crippen LogP contribution in [0.3, 0.4) is 0 Å². The lowest BCUT2D eigenvalue weighted by Gasteiger charge is -2.20.